The van der Waals surface area contributed by atoms with Crippen molar-refractivity contribution in [2.24, 2.45) is 5.92 Å². The van der Waals surface area contributed by atoms with Crippen LogP contribution in [-0.4, -0.2) is 61.9 Å². The molecule has 0 amide bonds. The van der Waals surface area contributed by atoms with E-state index in [4.69, 9.17) is 9.47 Å². The van der Waals surface area contributed by atoms with E-state index in [1.54, 1.807) is 6.07 Å². The molecule has 8 heteroatoms. The zero-order valence-electron chi connectivity index (χ0n) is 14.0. The summed E-state index contributed by atoms with van der Waals surface area (Å²) in [7, 11) is 0. The second-order valence-electron chi connectivity index (χ2n) is 6.32. The lowest BCUT2D eigenvalue weighted by Crippen LogP contribution is -2.50. The Morgan fingerprint density at radius 2 is 2.16 bits per heavy atom. The van der Waals surface area contributed by atoms with Gasteiger partial charge in [-0.3, -0.25) is 15.0 Å². The van der Waals surface area contributed by atoms with Gasteiger partial charge in [0.2, 0.25) is 0 Å². The van der Waals surface area contributed by atoms with E-state index in [-0.39, 0.29) is 17.3 Å². The maximum Gasteiger partial charge on any atom is 0.270 e. The number of nitriles is 1. The number of hydrogen-bond acceptors (Lipinski definition) is 7. The summed E-state index contributed by atoms with van der Waals surface area (Å²) in [5.41, 5.74) is 0.846. The number of hydrogen-bond donors (Lipinski definition) is 1. The predicted octanol–water partition coefficient (Wildman–Crippen LogP) is 1.62. The molecule has 0 spiro atoms. The molecule has 3 rings (SSSR count). The monoisotopic (exact) mass is 346 g/mol. The molecule has 1 aromatic rings. The fourth-order valence-electron chi connectivity index (χ4n) is 3.47. The summed E-state index contributed by atoms with van der Waals surface area (Å²) < 4.78 is 11.0. The molecular weight excluding hydrogens is 324 g/mol. The third kappa shape index (κ3) is 4.25. The molecular formula is C17H22N4O4. The second kappa shape index (κ2) is 8.25. The van der Waals surface area contributed by atoms with Crippen LogP contribution in [0.2, 0.25) is 0 Å². The lowest BCUT2D eigenvalue weighted by molar-refractivity contribution is -0.384. The highest BCUT2D eigenvalue weighted by molar-refractivity contribution is 5.61. The van der Waals surface area contributed by atoms with Crippen molar-refractivity contribution in [2.75, 3.05) is 51.4 Å². The minimum absolute atomic E-state index is 0.0731. The molecule has 134 valence electrons. The molecule has 8 nitrogen and oxygen atoms in total. The van der Waals surface area contributed by atoms with Gasteiger partial charge in [-0.25, -0.2) is 0 Å². The van der Waals surface area contributed by atoms with Crippen LogP contribution in [0.3, 0.4) is 0 Å². The molecule has 2 aliphatic heterocycles. The standard InChI is InChI=1S/C17H22N4O4/c18-10-14-9-15(21(22)23)1-2-16(14)19-11-17(13-3-6-25-12-13)20-4-7-24-8-5-20/h1-2,9,13,17,19H,3-8,11-12H2/t13-,17+/m1/s1. The lowest BCUT2D eigenvalue weighted by Gasteiger charge is -2.37. The summed E-state index contributed by atoms with van der Waals surface area (Å²) in [6.07, 6.45) is 1.02. The van der Waals surface area contributed by atoms with Crippen molar-refractivity contribution in [3.05, 3.63) is 33.9 Å². The van der Waals surface area contributed by atoms with E-state index >= 15 is 0 Å². The van der Waals surface area contributed by atoms with Gasteiger partial charge in [0.05, 0.1) is 36.0 Å². The summed E-state index contributed by atoms with van der Waals surface area (Å²) in [4.78, 5) is 12.8. The molecule has 1 aromatic carbocycles. The zero-order chi connectivity index (χ0) is 17.6. The van der Waals surface area contributed by atoms with Crippen molar-refractivity contribution in [3.63, 3.8) is 0 Å². The molecule has 1 N–H and O–H groups in total. The van der Waals surface area contributed by atoms with Gasteiger partial charge in [0.15, 0.2) is 0 Å². The highest BCUT2D eigenvalue weighted by Gasteiger charge is 2.31. The number of morpholine rings is 1. The maximum atomic E-state index is 10.9. The van der Waals surface area contributed by atoms with E-state index in [0.717, 1.165) is 45.9 Å². The van der Waals surface area contributed by atoms with E-state index in [9.17, 15) is 15.4 Å². The molecule has 25 heavy (non-hydrogen) atoms. The number of ether oxygens (including phenoxy) is 2. The molecule has 0 unspecified atom stereocenters. The largest absolute Gasteiger partial charge is 0.382 e. The first-order chi connectivity index (χ1) is 12.2. The van der Waals surface area contributed by atoms with Crippen molar-refractivity contribution in [2.45, 2.75) is 12.5 Å². The average Bonchev–Trinajstić information content (AvgIpc) is 3.17. The Kier molecular flexibility index (Phi) is 5.81. The molecule has 0 aromatic heterocycles. The van der Waals surface area contributed by atoms with Crippen LogP contribution in [-0.2, 0) is 9.47 Å². The lowest BCUT2D eigenvalue weighted by atomic mass is 9.96. The topological polar surface area (TPSA) is 101 Å². The van der Waals surface area contributed by atoms with Gasteiger partial charge in [-0.15, -0.1) is 0 Å². The molecule has 2 fully saturated rings. The average molecular weight is 346 g/mol. The molecule has 2 atom stereocenters. The number of nitrogens with zero attached hydrogens (tertiary/aromatic N) is 3. The van der Waals surface area contributed by atoms with Crippen molar-refractivity contribution < 1.29 is 14.4 Å². The quantitative estimate of drug-likeness (QED) is 0.617. The Balaban J connectivity index is 1.72. The summed E-state index contributed by atoms with van der Waals surface area (Å²) >= 11 is 0. The highest BCUT2D eigenvalue weighted by Crippen LogP contribution is 2.25. The predicted molar refractivity (Wildman–Crippen MR) is 91.4 cm³/mol. The molecule has 0 saturated carbocycles. The first-order valence-electron chi connectivity index (χ1n) is 8.51. The van der Waals surface area contributed by atoms with Gasteiger partial charge in [0.1, 0.15) is 6.07 Å². The Morgan fingerprint density at radius 3 is 2.80 bits per heavy atom. The second-order valence-corrected chi connectivity index (χ2v) is 6.32. The number of nitrogens with one attached hydrogen (secondary N) is 1. The van der Waals surface area contributed by atoms with Crippen molar-refractivity contribution in [1.82, 2.24) is 4.90 Å². The maximum absolute atomic E-state index is 10.9. The van der Waals surface area contributed by atoms with Gasteiger partial charge >= 0.3 is 0 Å². The van der Waals surface area contributed by atoms with Gasteiger partial charge in [-0.2, -0.15) is 5.26 Å². The fraction of sp³-hybridized carbons (Fsp3) is 0.588. The number of non-ortho nitro benzene ring substituents is 1. The van der Waals surface area contributed by atoms with Crippen LogP contribution < -0.4 is 5.32 Å². The van der Waals surface area contributed by atoms with Crippen LogP contribution in [0.1, 0.15) is 12.0 Å². The highest BCUT2D eigenvalue weighted by atomic mass is 16.6. The summed E-state index contributed by atoms with van der Waals surface area (Å²) in [5.74, 6) is 0.439. The number of nitro benzene ring substituents is 1. The fourth-order valence-corrected chi connectivity index (χ4v) is 3.47. The van der Waals surface area contributed by atoms with Crippen LogP contribution >= 0.6 is 0 Å². The van der Waals surface area contributed by atoms with E-state index < -0.39 is 4.92 Å². The number of nitro groups is 1. The van der Waals surface area contributed by atoms with Crippen LogP contribution in [0.4, 0.5) is 11.4 Å². The smallest absolute Gasteiger partial charge is 0.270 e. The molecule has 2 heterocycles. The third-order valence-electron chi connectivity index (χ3n) is 4.86. The SMILES string of the molecule is N#Cc1cc([N+](=O)[O-])ccc1NC[C@@H]([C@@H]1CCOC1)N1CCOCC1. The van der Waals surface area contributed by atoms with E-state index in [1.165, 1.54) is 12.1 Å². The molecule has 2 saturated heterocycles. The summed E-state index contributed by atoms with van der Waals surface area (Å²) in [5, 5.41) is 23.5. The van der Waals surface area contributed by atoms with Gasteiger partial charge in [0.25, 0.3) is 5.69 Å². The summed E-state index contributed by atoms with van der Waals surface area (Å²) in [6.45, 7) is 5.42. The Morgan fingerprint density at radius 1 is 1.36 bits per heavy atom. The number of rotatable bonds is 6. The number of anilines is 1. The van der Waals surface area contributed by atoms with E-state index in [0.29, 0.717) is 18.2 Å². The normalized spacial score (nSPS) is 22.3. The molecule has 0 bridgehead atoms. The van der Waals surface area contributed by atoms with Gasteiger partial charge in [0, 0.05) is 50.3 Å². The van der Waals surface area contributed by atoms with Crippen molar-refractivity contribution >= 4 is 11.4 Å². The van der Waals surface area contributed by atoms with Crippen LogP contribution in [0.25, 0.3) is 0 Å². The molecule has 0 radical (unpaired) electrons. The minimum atomic E-state index is -0.489. The molecule has 2 aliphatic rings. The Labute approximate surface area is 146 Å². The van der Waals surface area contributed by atoms with E-state index in [1.807, 2.05) is 6.07 Å². The first-order valence-corrected chi connectivity index (χ1v) is 8.51. The summed E-state index contributed by atoms with van der Waals surface area (Å²) in [6, 6.07) is 6.67. The van der Waals surface area contributed by atoms with Crippen molar-refractivity contribution in [1.29, 1.82) is 5.26 Å². The van der Waals surface area contributed by atoms with Crippen LogP contribution in [0.15, 0.2) is 18.2 Å². The van der Waals surface area contributed by atoms with Gasteiger partial charge in [-0.1, -0.05) is 0 Å². The Hall–Kier alpha value is -2.21. The zero-order valence-corrected chi connectivity index (χ0v) is 14.0. The van der Waals surface area contributed by atoms with Crippen LogP contribution in [0, 0.1) is 27.4 Å². The van der Waals surface area contributed by atoms with Gasteiger partial charge in [-0.05, 0) is 12.5 Å². The van der Waals surface area contributed by atoms with Crippen LogP contribution in [0.5, 0.6) is 0 Å². The third-order valence-corrected chi connectivity index (χ3v) is 4.86. The van der Waals surface area contributed by atoms with Crippen molar-refractivity contribution in [3.8, 4) is 6.07 Å². The van der Waals surface area contributed by atoms with E-state index in [2.05, 4.69) is 10.2 Å². The number of benzene rings is 1. The molecule has 0 aliphatic carbocycles. The minimum Gasteiger partial charge on any atom is -0.382 e. The van der Waals surface area contributed by atoms with Gasteiger partial charge < -0.3 is 14.8 Å². The first kappa shape index (κ1) is 17.6. The Bertz CT molecular complexity index is 649.